The number of halogens is 1. The van der Waals surface area contributed by atoms with Crippen molar-refractivity contribution in [3.05, 3.63) is 0 Å². The fourth-order valence-electron chi connectivity index (χ4n) is 0. The monoisotopic (exact) mass is 167 g/mol. The van der Waals surface area contributed by atoms with E-state index in [0.717, 1.165) is 0 Å². The Morgan fingerprint density at radius 3 is 0.500 bits per heavy atom. The Morgan fingerprint density at radius 1 is 0.500 bits per heavy atom. The van der Waals surface area contributed by atoms with Crippen LogP contribution in [-0.2, 0) is 17.1 Å². The van der Waals surface area contributed by atoms with Crippen LogP contribution in [0, 0.1) is 0 Å². The van der Waals surface area contributed by atoms with Crippen LogP contribution in [0.25, 0.3) is 0 Å². The van der Waals surface area contributed by atoms with Gasteiger partial charge in [0.2, 0.25) is 0 Å². The van der Waals surface area contributed by atoms with E-state index in [1.165, 1.54) is 0 Å². The van der Waals surface area contributed by atoms with Crippen molar-refractivity contribution in [2.24, 2.45) is 0 Å². The van der Waals surface area contributed by atoms with E-state index in [4.69, 9.17) is 0 Å². The summed E-state index contributed by atoms with van der Waals surface area (Å²) in [6.45, 7) is 0. The fourth-order valence-corrected chi connectivity index (χ4v) is 0. The van der Waals surface area contributed by atoms with Crippen LogP contribution >= 0.6 is 12.4 Å². The van der Waals surface area contributed by atoms with E-state index < -0.39 is 0 Å². The van der Waals surface area contributed by atoms with Crippen molar-refractivity contribution in [1.82, 2.24) is 24.6 Å². The molecule has 0 bridgehead atoms. The van der Waals surface area contributed by atoms with Gasteiger partial charge in [0.25, 0.3) is 0 Å². The van der Waals surface area contributed by atoms with E-state index in [1.807, 2.05) is 0 Å². The summed E-state index contributed by atoms with van der Waals surface area (Å²) in [6, 6.07) is 0. The van der Waals surface area contributed by atoms with Crippen molar-refractivity contribution < 1.29 is 17.1 Å². The van der Waals surface area contributed by atoms with Gasteiger partial charge >= 0.3 is 0 Å². The third kappa shape index (κ3) is 147. The molecule has 0 atom stereocenters. The van der Waals surface area contributed by atoms with Crippen LogP contribution in [0.3, 0.4) is 0 Å². The van der Waals surface area contributed by atoms with Gasteiger partial charge in [-0.15, -0.1) is 12.4 Å². The average molecular weight is 168 g/mol. The second-order valence-corrected chi connectivity index (χ2v) is 0. The molecular weight excluding hydrogens is 155 g/mol. The summed E-state index contributed by atoms with van der Waals surface area (Å²) in [4.78, 5) is 0. The molecule has 0 heterocycles. The van der Waals surface area contributed by atoms with Crippen molar-refractivity contribution in [3.8, 4) is 0 Å². The molecule has 6 heteroatoms. The molecule has 0 saturated heterocycles. The molecule has 0 aromatic heterocycles. The molecular formula is H13ClCuN4. The van der Waals surface area contributed by atoms with Crippen LogP contribution in [0.15, 0.2) is 0 Å². The van der Waals surface area contributed by atoms with E-state index in [2.05, 4.69) is 0 Å². The largest absolute Gasteiger partial charge is 0.344 e. The van der Waals surface area contributed by atoms with Gasteiger partial charge in [0.1, 0.15) is 0 Å². The number of rotatable bonds is 0. The maximum atomic E-state index is 0. The molecule has 0 aliphatic rings. The zero-order valence-corrected chi connectivity index (χ0v) is 5.30. The van der Waals surface area contributed by atoms with Crippen molar-refractivity contribution in [3.63, 3.8) is 0 Å². The first-order valence-corrected chi connectivity index (χ1v) is 0. The smallest absolute Gasteiger partial charge is 0 e. The van der Waals surface area contributed by atoms with Gasteiger partial charge in [-0.3, -0.25) is 0 Å². The summed E-state index contributed by atoms with van der Waals surface area (Å²) in [6.07, 6.45) is 0. The third-order valence-electron chi connectivity index (χ3n) is 0. The number of hydrogen-bond acceptors (Lipinski definition) is 4. The van der Waals surface area contributed by atoms with Gasteiger partial charge in [0.15, 0.2) is 0 Å². The van der Waals surface area contributed by atoms with Crippen LogP contribution in [0.4, 0.5) is 0 Å². The summed E-state index contributed by atoms with van der Waals surface area (Å²) in [7, 11) is 0. The third-order valence-corrected chi connectivity index (χ3v) is 0. The zero-order chi connectivity index (χ0) is 0. The second kappa shape index (κ2) is 290. The molecule has 0 saturated carbocycles. The normalized spacial score (nSPS) is 0. The molecule has 51 valence electrons. The van der Waals surface area contributed by atoms with Crippen molar-refractivity contribution in [2.75, 3.05) is 0 Å². The minimum atomic E-state index is 0. The summed E-state index contributed by atoms with van der Waals surface area (Å²) >= 11 is 0. The maximum absolute atomic E-state index is 0. The van der Waals surface area contributed by atoms with Crippen LogP contribution in [-0.4, -0.2) is 0 Å². The van der Waals surface area contributed by atoms with E-state index in [9.17, 15) is 0 Å². The maximum Gasteiger partial charge on any atom is 0 e. The zero-order valence-electron chi connectivity index (χ0n) is 3.54. The van der Waals surface area contributed by atoms with E-state index >= 15 is 0 Å². The first kappa shape index (κ1) is 503. The molecule has 0 rings (SSSR count). The quantitative estimate of drug-likeness (QED) is 0.401. The molecule has 0 unspecified atom stereocenters. The molecule has 0 spiro atoms. The van der Waals surface area contributed by atoms with Crippen molar-refractivity contribution in [2.45, 2.75) is 0 Å². The van der Waals surface area contributed by atoms with E-state index in [-0.39, 0.29) is 54.1 Å². The Bertz CT molecular complexity index is 7.51. The van der Waals surface area contributed by atoms with Gasteiger partial charge in [0, 0.05) is 17.1 Å². The first-order valence-electron chi connectivity index (χ1n) is 0. The second-order valence-electron chi connectivity index (χ2n) is 0. The standard InChI is InChI=1S/ClH.Cu.4H3N/h1H;;4*1H3. The van der Waals surface area contributed by atoms with Gasteiger partial charge in [-0.2, -0.15) is 0 Å². The molecule has 1 radical (unpaired) electrons. The summed E-state index contributed by atoms with van der Waals surface area (Å²) in [5.41, 5.74) is 0. The van der Waals surface area contributed by atoms with E-state index in [1.54, 1.807) is 0 Å². The molecule has 12 N–H and O–H groups in total. The van der Waals surface area contributed by atoms with Crippen molar-refractivity contribution >= 4 is 12.4 Å². The van der Waals surface area contributed by atoms with Gasteiger partial charge < -0.3 is 24.6 Å². The van der Waals surface area contributed by atoms with Gasteiger partial charge in [-0.25, -0.2) is 0 Å². The van der Waals surface area contributed by atoms with Crippen LogP contribution in [0.2, 0.25) is 0 Å². The van der Waals surface area contributed by atoms with Gasteiger partial charge in [-0.05, 0) is 0 Å². The van der Waals surface area contributed by atoms with Crippen LogP contribution < -0.4 is 24.6 Å². The summed E-state index contributed by atoms with van der Waals surface area (Å²) in [5.74, 6) is 0. The Morgan fingerprint density at radius 2 is 0.500 bits per heavy atom. The minimum absolute atomic E-state index is 0. The molecule has 4 nitrogen and oxygen atoms in total. The van der Waals surface area contributed by atoms with Crippen LogP contribution in [0.1, 0.15) is 0 Å². The van der Waals surface area contributed by atoms with E-state index in [0.29, 0.717) is 0 Å². The average Bonchev–Trinajstić information content (AvgIpc) is 0. The minimum Gasteiger partial charge on any atom is -0.344 e. The molecule has 0 aromatic rings. The van der Waals surface area contributed by atoms with Crippen LogP contribution in [0.5, 0.6) is 0 Å². The summed E-state index contributed by atoms with van der Waals surface area (Å²) < 4.78 is 0. The first-order chi connectivity index (χ1) is 0. The predicted octanol–water partition coefficient (Wildman–Crippen LogP) is 1.07. The van der Waals surface area contributed by atoms with Crippen molar-refractivity contribution in [1.29, 1.82) is 0 Å². The van der Waals surface area contributed by atoms with Gasteiger partial charge in [-0.1, -0.05) is 0 Å². The Balaban J connectivity index is 0. The Kier molecular flexibility index (Phi) is 24300. The fraction of sp³-hybridized carbons (Fsp3) is 0. The SMILES string of the molecule is Cl.N.N.N.N.[Cu]. The molecule has 0 aromatic carbocycles. The molecule has 0 fully saturated rings. The Labute approximate surface area is 54.7 Å². The van der Waals surface area contributed by atoms with Gasteiger partial charge in [0.05, 0.1) is 0 Å². The number of hydrogen-bond donors (Lipinski definition) is 4. The molecule has 0 aliphatic heterocycles. The molecule has 0 amide bonds. The molecule has 6 heavy (non-hydrogen) atoms. The molecule has 0 aliphatic carbocycles. The predicted molar refractivity (Wildman–Crippen MR) is 27.3 cm³/mol. The summed E-state index contributed by atoms with van der Waals surface area (Å²) in [5, 5.41) is 0. The Hall–Kier alpha value is 0.649. The topological polar surface area (TPSA) is 140 Å².